The molecule has 3 aromatic rings. The van der Waals surface area contributed by atoms with Crippen LogP contribution in [0.4, 0.5) is 5.69 Å². The molecule has 1 N–H and O–H groups in total. The van der Waals surface area contributed by atoms with Crippen LogP contribution in [0.1, 0.15) is 44.6 Å². The van der Waals surface area contributed by atoms with Crippen LogP contribution in [0.15, 0.2) is 34.2 Å². The molecule has 0 bridgehead atoms. The van der Waals surface area contributed by atoms with Gasteiger partial charge in [0.05, 0.1) is 33.2 Å². The molecule has 2 atom stereocenters. The van der Waals surface area contributed by atoms with Gasteiger partial charge in [-0.3, -0.25) is 18.8 Å². The van der Waals surface area contributed by atoms with Gasteiger partial charge in [-0.25, -0.2) is 4.98 Å². The van der Waals surface area contributed by atoms with Crippen molar-refractivity contribution in [2.75, 3.05) is 5.32 Å². The topological polar surface area (TPSA) is 81.8 Å². The predicted octanol–water partition coefficient (Wildman–Crippen LogP) is 3.84. The molecule has 0 saturated heterocycles. The highest BCUT2D eigenvalue weighted by atomic mass is 32.2. The number of carbonyl (C=O) groups is 1. The molecule has 0 unspecified atom stereocenters. The summed E-state index contributed by atoms with van der Waals surface area (Å²) in [6, 6.07) is 7.31. The molecule has 0 aliphatic carbocycles. The number of aryl methyl sites for hydroxylation is 2. The van der Waals surface area contributed by atoms with Crippen LogP contribution in [-0.2, 0) is 11.8 Å². The number of amides is 1. The number of rotatable bonds is 6. The van der Waals surface area contributed by atoms with E-state index < -0.39 is 5.25 Å². The zero-order valence-electron chi connectivity index (χ0n) is 17.7. The van der Waals surface area contributed by atoms with Crippen molar-refractivity contribution in [3.8, 4) is 0 Å². The number of para-hydroxylation sites is 1. The van der Waals surface area contributed by atoms with E-state index in [-0.39, 0.29) is 17.5 Å². The van der Waals surface area contributed by atoms with Crippen LogP contribution < -0.4 is 10.9 Å². The maximum absolute atomic E-state index is 13.1. The van der Waals surface area contributed by atoms with Crippen LogP contribution >= 0.6 is 11.8 Å². The molecule has 3 rings (SSSR count). The summed E-state index contributed by atoms with van der Waals surface area (Å²) in [6.07, 6.45) is 0.794. The summed E-state index contributed by atoms with van der Waals surface area (Å²) >= 11 is 1.30. The van der Waals surface area contributed by atoms with E-state index in [2.05, 4.69) is 10.4 Å². The number of thioether (sulfide) groups is 1. The quantitative estimate of drug-likeness (QED) is 0.490. The van der Waals surface area contributed by atoms with Crippen molar-refractivity contribution in [2.45, 2.75) is 57.5 Å². The normalized spacial score (nSPS) is 13.4. The summed E-state index contributed by atoms with van der Waals surface area (Å²) in [6.45, 7) is 9.63. The number of aromatic nitrogens is 4. The van der Waals surface area contributed by atoms with Gasteiger partial charge in [0.1, 0.15) is 0 Å². The molecule has 0 spiro atoms. The molecule has 29 heavy (non-hydrogen) atoms. The van der Waals surface area contributed by atoms with Gasteiger partial charge in [0.2, 0.25) is 5.91 Å². The highest BCUT2D eigenvalue weighted by Crippen LogP contribution is 2.27. The maximum Gasteiger partial charge on any atom is 0.262 e. The minimum absolute atomic E-state index is 0.0137. The zero-order chi connectivity index (χ0) is 21.3. The van der Waals surface area contributed by atoms with Crippen LogP contribution in [0.3, 0.4) is 0 Å². The fourth-order valence-electron chi connectivity index (χ4n) is 3.17. The number of anilines is 1. The number of nitrogens with one attached hydrogen (secondary N) is 1. The molecule has 0 fully saturated rings. The SMILES string of the molecule is CC[C@@H](C)n1c(S[C@@H](C)C(=O)Nc2c(C)nn(C)c2C)nc2ccccc2c1=O. The van der Waals surface area contributed by atoms with Crippen molar-refractivity contribution in [2.24, 2.45) is 7.05 Å². The molecule has 0 aliphatic heterocycles. The molecule has 2 aromatic heterocycles. The van der Waals surface area contributed by atoms with E-state index in [1.165, 1.54) is 11.8 Å². The Kier molecular flexibility index (Phi) is 6.12. The summed E-state index contributed by atoms with van der Waals surface area (Å²) in [5.74, 6) is -0.146. The molecule has 2 heterocycles. The smallest absolute Gasteiger partial charge is 0.262 e. The highest BCUT2D eigenvalue weighted by molar-refractivity contribution is 8.00. The van der Waals surface area contributed by atoms with E-state index >= 15 is 0 Å². The van der Waals surface area contributed by atoms with Crippen LogP contribution in [0.5, 0.6) is 0 Å². The summed E-state index contributed by atoms with van der Waals surface area (Å²) < 4.78 is 3.45. The van der Waals surface area contributed by atoms with Crippen LogP contribution in [0, 0.1) is 13.8 Å². The minimum Gasteiger partial charge on any atom is -0.322 e. The van der Waals surface area contributed by atoms with Crippen LogP contribution in [0.2, 0.25) is 0 Å². The van der Waals surface area contributed by atoms with Crippen molar-refractivity contribution in [3.63, 3.8) is 0 Å². The number of hydrogen-bond acceptors (Lipinski definition) is 5. The third-order valence-corrected chi connectivity index (χ3v) is 6.28. The summed E-state index contributed by atoms with van der Waals surface area (Å²) in [4.78, 5) is 30.6. The van der Waals surface area contributed by atoms with Crippen LogP contribution in [0.25, 0.3) is 10.9 Å². The van der Waals surface area contributed by atoms with Crippen molar-refractivity contribution in [1.29, 1.82) is 0 Å². The number of benzene rings is 1. The Morgan fingerprint density at radius 2 is 1.93 bits per heavy atom. The summed E-state index contributed by atoms with van der Waals surface area (Å²) in [5, 5.41) is 8.03. The lowest BCUT2D eigenvalue weighted by Gasteiger charge is -2.20. The van der Waals surface area contributed by atoms with E-state index in [1.807, 2.05) is 59.9 Å². The first-order valence-corrected chi connectivity index (χ1v) is 10.6. The lowest BCUT2D eigenvalue weighted by atomic mass is 10.2. The first-order valence-electron chi connectivity index (χ1n) is 9.73. The van der Waals surface area contributed by atoms with Gasteiger partial charge in [-0.1, -0.05) is 30.8 Å². The molecule has 7 nitrogen and oxygen atoms in total. The molecule has 0 radical (unpaired) electrons. The third-order valence-electron chi connectivity index (χ3n) is 5.22. The first kappa shape index (κ1) is 21.1. The van der Waals surface area contributed by atoms with E-state index in [9.17, 15) is 9.59 Å². The van der Waals surface area contributed by atoms with Crippen molar-refractivity contribution < 1.29 is 4.79 Å². The largest absolute Gasteiger partial charge is 0.322 e. The average Bonchev–Trinajstić information content (AvgIpc) is 2.93. The van der Waals surface area contributed by atoms with Gasteiger partial charge in [0.15, 0.2) is 5.16 Å². The van der Waals surface area contributed by atoms with Gasteiger partial charge < -0.3 is 5.32 Å². The molecule has 0 aliphatic rings. The van der Waals surface area contributed by atoms with Gasteiger partial charge >= 0.3 is 0 Å². The van der Waals surface area contributed by atoms with Crippen LogP contribution in [-0.4, -0.2) is 30.5 Å². The number of hydrogen-bond donors (Lipinski definition) is 1. The maximum atomic E-state index is 13.1. The third kappa shape index (κ3) is 4.07. The Balaban J connectivity index is 1.94. The average molecular weight is 414 g/mol. The Morgan fingerprint density at radius 3 is 2.55 bits per heavy atom. The van der Waals surface area contributed by atoms with E-state index in [0.717, 1.165) is 23.5 Å². The van der Waals surface area contributed by atoms with E-state index in [4.69, 9.17) is 4.98 Å². The molecular formula is C21H27N5O2S. The van der Waals surface area contributed by atoms with Gasteiger partial charge in [0, 0.05) is 13.1 Å². The fourth-order valence-corrected chi connectivity index (χ4v) is 4.18. The predicted molar refractivity (Wildman–Crippen MR) is 118 cm³/mol. The minimum atomic E-state index is -0.433. The van der Waals surface area contributed by atoms with Crippen molar-refractivity contribution in [3.05, 3.63) is 46.0 Å². The number of carbonyl (C=O) groups excluding carboxylic acids is 1. The monoisotopic (exact) mass is 413 g/mol. The molecular weight excluding hydrogens is 386 g/mol. The molecule has 8 heteroatoms. The lowest BCUT2D eigenvalue weighted by Crippen LogP contribution is -2.28. The molecule has 1 amide bonds. The van der Waals surface area contributed by atoms with Gasteiger partial charge in [-0.2, -0.15) is 5.10 Å². The Labute approximate surface area is 174 Å². The van der Waals surface area contributed by atoms with E-state index in [0.29, 0.717) is 16.1 Å². The first-order chi connectivity index (χ1) is 13.7. The van der Waals surface area contributed by atoms with Gasteiger partial charge in [0.25, 0.3) is 5.56 Å². The second-order valence-electron chi connectivity index (χ2n) is 7.26. The van der Waals surface area contributed by atoms with Gasteiger partial charge in [-0.15, -0.1) is 0 Å². The fraction of sp³-hybridized carbons (Fsp3) is 0.429. The zero-order valence-corrected chi connectivity index (χ0v) is 18.5. The lowest BCUT2D eigenvalue weighted by molar-refractivity contribution is -0.115. The van der Waals surface area contributed by atoms with Gasteiger partial charge in [-0.05, 0) is 46.2 Å². The Bertz CT molecular complexity index is 1120. The summed E-state index contributed by atoms with van der Waals surface area (Å²) in [7, 11) is 1.85. The summed E-state index contributed by atoms with van der Waals surface area (Å²) in [5.41, 5.74) is 2.98. The van der Waals surface area contributed by atoms with Crippen molar-refractivity contribution in [1.82, 2.24) is 19.3 Å². The Hall–Kier alpha value is -2.61. The highest BCUT2D eigenvalue weighted by Gasteiger charge is 2.23. The van der Waals surface area contributed by atoms with Crippen molar-refractivity contribution >= 4 is 34.3 Å². The Morgan fingerprint density at radius 1 is 1.24 bits per heavy atom. The number of nitrogens with zero attached hydrogens (tertiary/aromatic N) is 4. The second kappa shape index (κ2) is 8.41. The standard InChI is InChI=1S/C21H27N5O2S/c1-7-12(2)26-20(28)16-10-8-9-11-17(16)22-21(26)29-15(5)19(27)23-18-13(3)24-25(6)14(18)4/h8-12,15H,7H2,1-6H3,(H,23,27)/t12-,15+/m1/s1. The molecule has 1 aromatic carbocycles. The molecule has 154 valence electrons. The molecule has 0 saturated carbocycles. The van der Waals surface area contributed by atoms with E-state index in [1.54, 1.807) is 15.3 Å². The number of fused-ring (bicyclic) bond motifs is 1. The second-order valence-corrected chi connectivity index (χ2v) is 8.57.